The monoisotopic (exact) mass is 457 g/mol. The van der Waals surface area contributed by atoms with Crippen LogP contribution in [-0.2, 0) is 19.1 Å². The molecule has 1 atom stereocenters. The standard InChI is InChI=1S/C24H22F3N3O3/c25-24(26,27)16-6-4-14(5-7-16)18-3-1-2-15-12-30(9-8-19(15)18)17-10-20(22(32)13-31)29-21(11-17)23(28)33/h1-7,10-11,22,31-32H,8-9,12-13H2,(H2,28,33)/t22-/m0/s1. The smallest absolute Gasteiger partial charge is 0.393 e. The van der Waals surface area contributed by atoms with Crippen molar-refractivity contribution >= 4 is 11.6 Å². The molecular formula is C24H22F3N3O3. The van der Waals surface area contributed by atoms with Gasteiger partial charge in [-0.15, -0.1) is 0 Å². The van der Waals surface area contributed by atoms with E-state index in [9.17, 15) is 28.2 Å². The highest BCUT2D eigenvalue weighted by Gasteiger charge is 2.30. The molecule has 0 fully saturated rings. The zero-order valence-electron chi connectivity index (χ0n) is 17.5. The van der Waals surface area contributed by atoms with Gasteiger partial charge in [-0.3, -0.25) is 4.79 Å². The van der Waals surface area contributed by atoms with Crippen molar-refractivity contribution < 1.29 is 28.2 Å². The fourth-order valence-electron chi connectivity index (χ4n) is 4.05. The number of alkyl halides is 3. The van der Waals surface area contributed by atoms with Gasteiger partial charge >= 0.3 is 6.18 Å². The number of hydrogen-bond donors (Lipinski definition) is 3. The van der Waals surface area contributed by atoms with Gasteiger partial charge in [0.15, 0.2) is 0 Å². The van der Waals surface area contributed by atoms with Gasteiger partial charge in [0.25, 0.3) is 5.91 Å². The van der Waals surface area contributed by atoms with Crippen LogP contribution in [0, 0.1) is 0 Å². The lowest BCUT2D eigenvalue weighted by atomic mass is 9.90. The van der Waals surface area contributed by atoms with Crippen LogP contribution in [0.2, 0.25) is 0 Å². The maximum Gasteiger partial charge on any atom is 0.416 e. The summed E-state index contributed by atoms with van der Waals surface area (Å²) >= 11 is 0. The van der Waals surface area contributed by atoms with Crippen LogP contribution in [0.3, 0.4) is 0 Å². The van der Waals surface area contributed by atoms with Crippen LogP contribution in [0.15, 0.2) is 54.6 Å². The zero-order chi connectivity index (χ0) is 23.8. The predicted molar refractivity (Wildman–Crippen MR) is 116 cm³/mol. The van der Waals surface area contributed by atoms with Gasteiger partial charge in [-0.2, -0.15) is 13.2 Å². The molecule has 0 bridgehead atoms. The molecule has 172 valence electrons. The Kier molecular flexibility index (Phi) is 6.09. The third kappa shape index (κ3) is 4.69. The Balaban J connectivity index is 1.66. The van der Waals surface area contributed by atoms with E-state index in [1.807, 2.05) is 23.1 Å². The normalized spacial score (nSPS) is 14.6. The third-order valence-electron chi connectivity index (χ3n) is 5.75. The van der Waals surface area contributed by atoms with Crippen LogP contribution in [-0.4, -0.2) is 34.3 Å². The van der Waals surface area contributed by atoms with Crippen LogP contribution < -0.4 is 10.6 Å². The summed E-state index contributed by atoms with van der Waals surface area (Å²) in [6, 6.07) is 14.0. The van der Waals surface area contributed by atoms with E-state index in [2.05, 4.69) is 4.98 Å². The second-order valence-corrected chi connectivity index (χ2v) is 7.89. The second-order valence-electron chi connectivity index (χ2n) is 7.89. The van der Waals surface area contributed by atoms with E-state index < -0.39 is 30.4 Å². The summed E-state index contributed by atoms with van der Waals surface area (Å²) < 4.78 is 38.7. The molecular weight excluding hydrogens is 435 g/mol. The van der Waals surface area contributed by atoms with Gasteiger partial charge in [-0.25, -0.2) is 4.98 Å². The van der Waals surface area contributed by atoms with Gasteiger partial charge < -0.3 is 20.8 Å². The molecule has 6 nitrogen and oxygen atoms in total. The van der Waals surface area contributed by atoms with Gasteiger partial charge in [-0.05, 0) is 52.9 Å². The maximum atomic E-state index is 12.9. The number of halogens is 3. The number of rotatable bonds is 5. The number of nitrogens with zero attached hydrogens (tertiary/aromatic N) is 2. The number of aliphatic hydroxyl groups is 2. The number of fused-ring (bicyclic) bond motifs is 1. The minimum absolute atomic E-state index is 0.0145. The number of anilines is 1. The van der Waals surface area contributed by atoms with Gasteiger partial charge in [0.1, 0.15) is 11.8 Å². The molecule has 0 saturated carbocycles. The average molecular weight is 457 g/mol. The molecule has 4 N–H and O–H groups in total. The predicted octanol–water partition coefficient (Wildman–Crippen LogP) is 3.45. The maximum absolute atomic E-state index is 12.9. The molecule has 1 amide bonds. The molecule has 1 aromatic heterocycles. The lowest BCUT2D eigenvalue weighted by molar-refractivity contribution is -0.137. The quantitative estimate of drug-likeness (QED) is 0.545. The lowest BCUT2D eigenvalue weighted by Gasteiger charge is -2.32. The molecule has 0 unspecified atom stereocenters. The number of aromatic nitrogens is 1. The Morgan fingerprint density at radius 3 is 2.52 bits per heavy atom. The number of nitrogens with two attached hydrogens (primary N) is 1. The molecule has 2 aromatic carbocycles. The van der Waals surface area contributed by atoms with E-state index in [1.165, 1.54) is 12.1 Å². The van der Waals surface area contributed by atoms with Gasteiger partial charge in [0.2, 0.25) is 0 Å². The molecule has 1 aliphatic heterocycles. The van der Waals surface area contributed by atoms with Crippen LogP contribution in [0.4, 0.5) is 18.9 Å². The summed E-state index contributed by atoms with van der Waals surface area (Å²) in [5.41, 5.74) is 9.10. The van der Waals surface area contributed by atoms with Crippen molar-refractivity contribution in [3.05, 3.63) is 82.7 Å². The molecule has 4 rings (SSSR count). The van der Waals surface area contributed by atoms with Crippen molar-refractivity contribution in [1.29, 1.82) is 0 Å². The van der Waals surface area contributed by atoms with Gasteiger partial charge in [0, 0.05) is 18.8 Å². The van der Waals surface area contributed by atoms with E-state index in [0.717, 1.165) is 28.8 Å². The number of hydrogen-bond acceptors (Lipinski definition) is 5. The minimum atomic E-state index is -4.38. The van der Waals surface area contributed by atoms with Crippen LogP contribution in [0.25, 0.3) is 11.1 Å². The highest BCUT2D eigenvalue weighted by molar-refractivity contribution is 5.91. The van der Waals surface area contributed by atoms with Crippen LogP contribution >= 0.6 is 0 Å². The summed E-state index contributed by atoms with van der Waals surface area (Å²) in [5, 5.41) is 19.3. The molecule has 3 aromatic rings. The lowest BCUT2D eigenvalue weighted by Crippen LogP contribution is -2.31. The van der Waals surface area contributed by atoms with Crippen molar-refractivity contribution in [1.82, 2.24) is 4.98 Å². The average Bonchev–Trinajstić information content (AvgIpc) is 2.82. The van der Waals surface area contributed by atoms with E-state index in [-0.39, 0.29) is 11.4 Å². The first-order chi connectivity index (χ1) is 15.7. The Hall–Kier alpha value is -3.43. The number of amides is 1. The minimum Gasteiger partial charge on any atom is -0.393 e. The molecule has 9 heteroatoms. The van der Waals surface area contributed by atoms with Crippen molar-refractivity contribution in [2.24, 2.45) is 5.73 Å². The fraction of sp³-hybridized carbons (Fsp3) is 0.250. The van der Waals surface area contributed by atoms with Crippen molar-refractivity contribution in [3.63, 3.8) is 0 Å². The van der Waals surface area contributed by atoms with E-state index in [1.54, 1.807) is 12.1 Å². The first kappa shape index (κ1) is 22.8. The fourth-order valence-corrected chi connectivity index (χ4v) is 4.05. The van der Waals surface area contributed by atoms with Crippen molar-refractivity contribution in [2.45, 2.75) is 25.2 Å². The van der Waals surface area contributed by atoms with Crippen molar-refractivity contribution in [2.75, 3.05) is 18.1 Å². The van der Waals surface area contributed by atoms with Crippen LogP contribution in [0.1, 0.15) is 39.0 Å². The first-order valence-electron chi connectivity index (χ1n) is 10.3. The van der Waals surface area contributed by atoms with Gasteiger partial charge in [-0.1, -0.05) is 30.3 Å². The van der Waals surface area contributed by atoms with E-state index >= 15 is 0 Å². The third-order valence-corrected chi connectivity index (χ3v) is 5.75. The summed E-state index contributed by atoms with van der Waals surface area (Å²) in [6.45, 7) is 0.510. The summed E-state index contributed by atoms with van der Waals surface area (Å²) in [5.74, 6) is -0.745. The number of aliphatic hydroxyl groups excluding tert-OH is 2. The second kappa shape index (κ2) is 8.84. The number of carbonyl (C=O) groups excluding carboxylic acids is 1. The van der Waals surface area contributed by atoms with E-state index in [4.69, 9.17) is 5.73 Å². The summed E-state index contributed by atoms with van der Waals surface area (Å²) in [4.78, 5) is 17.7. The first-order valence-corrected chi connectivity index (χ1v) is 10.3. The Morgan fingerprint density at radius 2 is 1.88 bits per heavy atom. The number of benzene rings is 2. The van der Waals surface area contributed by atoms with Crippen LogP contribution in [0.5, 0.6) is 0 Å². The van der Waals surface area contributed by atoms with Gasteiger partial charge in [0.05, 0.1) is 17.9 Å². The Bertz CT molecular complexity index is 1180. The zero-order valence-corrected chi connectivity index (χ0v) is 17.5. The molecule has 33 heavy (non-hydrogen) atoms. The number of carbonyl (C=O) groups is 1. The molecule has 0 aliphatic carbocycles. The highest BCUT2D eigenvalue weighted by Crippen LogP contribution is 2.35. The van der Waals surface area contributed by atoms with E-state index in [0.29, 0.717) is 30.8 Å². The SMILES string of the molecule is NC(=O)c1cc(N2CCc3c(cccc3-c3ccc(C(F)(F)F)cc3)C2)cc([C@@H](O)CO)n1. The van der Waals surface area contributed by atoms with Crippen molar-refractivity contribution in [3.8, 4) is 11.1 Å². The molecule has 0 spiro atoms. The molecule has 0 saturated heterocycles. The summed E-state index contributed by atoms with van der Waals surface area (Å²) in [7, 11) is 0. The topological polar surface area (TPSA) is 99.7 Å². The number of pyridine rings is 1. The largest absolute Gasteiger partial charge is 0.416 e. The Morgan fingerprint density at radius 1 is 1.15 bits per heavy atom. The molecule has 2 heterocycles. The number of primary amides is 1. The highest BCUT2D eigenvalue weighted by atomic mass is 19.4. The molecule has 1 aliphatic rings. The Labute approximate surface area is 188 Å². The summed E-state index contributed by atoms with van der Waals surface area (Å²) in [6.07, 6.45) is -5.00. The molecule has 0 radical (unpaired) electrons.